The summed E-state index contributed by atoms with van der Waals surface area (Å²) in [4.78, 5) is 11.5. The highest BCUT2D eigenvalue weighted by molar-refractivity contribution is 5.75. The van der Waals surface area contributed by atoms with Gasteiger partial charge in [0.15, 0.2) is 0 Å². The summed E-state index contributed by atoms with van der Waals surface area (Å²) >= 11 is 0. The number of aryl methyl sites for hydroxylation is 1. The molecule has 0 aliphatic carbocycles. The molecular weight excluding hydrogens is 240 g/mol. The van der Waals surface area contributed by atoms with E-state index in [1.807, 2.05) is 38.2 Å². The fourth-order valence-corrected chi connectivity index (χ4v) is 1.71. The van der Waals surface area contributed by atoms with Crippen molar-refractivity contribution in [3.8, 4) is 5.75 Å². The van der Waals surface area contributed by atoms with Crippen molar-refractivity contribution >= 4 is 5.91 Å². The van der Waals surface area contributed by atoms with Crippen LogP contribution in [-0.4, -0.2) is 32.7 Å². The Hall–Kier alpha value is -1.55. The number of carbonyl (C=O) groups excluding carboxylic acids is 1. The van der Waals surface area contributed by atoms with Gasteiger partial charge in [0.2, 0.25) is 5.91 Å². The Morgan fingerprint density at radius 2 is 2.00 bits per heavy atom. The van der Waals surface area contributed by atoms with E-state index < -0.39 is 0 Å². The lowest BCUT2D eigenvalue weighted by molar-refractivity contribution is -0.121. The van der Waals surface area contributed by atoms with Gasteiger partial charge in [0.25, 0.3) is 0 Å². The van der Waals surface area contributed by atoms with Gasteiger partial charge in [-0.1, -0.05) is 18.2 Å². The lowest BCUT2D eigenvalue weighted by atomic mass is 10.2. The van der Waals surface area contributed by atoms with Crippen LogP contribution >= 0.6 is 0 Å². The first-order valence-corrected chi connectivity index (χ1v) is 6.83. The molecule has 0 saturated heterocycles. The molecule has 0 saturated carbocycles. The van der Waals surface area contributed by atoms with Crippen molar-refractivity contribution in [2.24, 2.45) is 0 Å². The molecule has 0 aromatic heterocycles. The maximum Gasteiger partial charge on any atom is 0.220 e. The Morgan fingerprint density at radius 1 is 1.21 bits per heavy atom. The maximum atomic E-state index is 11.5. The van der Waals surface area contributed by atoms with Crippen molar-refractivity contribution < 1.29 is 9.53 Å². The molecule has 0 heterocycles. The second-order valence-electron chi connectivity index (χ2n) is 4.52. The van der Waals surface area contributed by atoms with Gasteiger partial charge in [-0.15, -0.1) is 0 Å². The zero-order chi connectivity index (χ0) is 13.9. The molecule has 2 N–H and O–H groups in total. The normalized spacial score (nSPS) is 10.2. The molecule has 4 nitrogen and oxygen atoms in total. The number of carbonyl (C=O) groups is 1. The van der Waals surface area contributed by atoms with Crippen LogP contribution in [0.1, 0.15) is 24.8 Å². The first kappa shape index (κ1) is 15.5. The Morgan fingerprint density at radius 3 is 2.74 bits per heavy atom. The zero-order valence-electron chi connectivity index (χ0n) is 11.9. The molecule has 0 atom stereocenters. The fourth-order valence-electron chi connectivity index (χ4n) is 1.71. The van der Waals surface area contributed by atoms with Gasteiger partial charge < -0.3 is 15.4 Å². The van der Waals surface area contributed by atoms with Crippen molar-refractivity contribution in [2.45, 2.75) is 26.2 Å². The summed E-state index contributed by atoms with van der Waals surface area (Å²) in [5.74, 6) is 1.00. The highest BCUT2D eigenvalue weighted by Crippen LogP contribution is 2.16. The molecule has 0 radical (unpaired) electrons. The Balaban J connectivity index is 2.07. The third-order valence-corrected chi connectivity index (χ3v) is 2.83. The molecule has 1 aromatic rings. The molecule has 1 amide bonds. The Labute approximate surface area is 115 Å². The Kier molecular flexibility index (Phi) is 7.66. The fraction of sp³-hybridized carbons (Fsp3) is 0.533. The van der Waals surface area contributed by atoms with Gasteiger partial charge >= 0.3 is 0 Å². The molecule has 0 unspecified atom stereocenters. The van der Waals surface area contributed by atoms with Crippen LogP contribution in [0, 0.1) is 6.92 Å². The largest absolute Gasteiger partial charge is 0.493 e. The van der Waals surface area contributed by atoms with Crippen LogP contribution in [0.5, 0.6) is 5.75 Å². The van der Waals surface area contributed by atoms with E-state index >= 15 is 0 Å². The van der Waals surface area contributed by atoms with Crippen LogP contribution in [0.25, 0.3) is 0 Å². The van der Waals surface area contributed by atoms with E-state index in [1.165, 1.54) is 0 Å². The van der Waals surface area contributed by atoms with Gasteiger partial charge in [0.1, 0.15) is 5.75 Å². The number of hydrogen-bond donors (Lipinski definition) is 2. The summed E-state index contributed by atoms with van der Waals surface area (Å²) in [6.07, 6.45) is 2.22. The van der Waals surface area contributed by atoms with Crippen LogP contribution in [-0.2, 0) is 4.79 Å². The zero-order valence-corrected chi connectivity index (χ0v) is 11.9. The number of ether oxygens (including phenoxy) is 1. The smallest absolute Gasteiger partial charge is 0.220 e. The summed E-state index contributed by atoms with van der Waals surface area (Å²) in [5, 5.41) is 5.94. The molecule has 1 aromatic carbocycles. The molecule has 1 rings (SSSR count). The average molecular weight is 264 g/mol. The van der Waals surface area contributed by atoms with Crippen LogP contribution in [0.3, 0.4) is 0 Å². The number of rotatable bonds is 9. The Bertz CT molecular complexity index is 380. The SMILES string of the molecule is CNCCCNC(=O)CCCOc1ccccc1C. The number of amides is 1. The monoisotopic (exact) mass is 264 g/mol. The molecule has 0 aliphatic heterocycles. The van der Waals surface area contributed by atoms with Gasteiger partial charge in [-0.3, -0.25) is 4.79 Å². The molecule has 106 valence electrons. The number of para-hydroxylation sites is 1. The predicted molar refractivity (Wildman–Crippen MR) is 77.5 cm³/mol. The standard InChI is InChI=1S/C15H24N2O2/c1-13-7-3-4-8-14(13)19-12-5-9-15(18)17-11-6-10-16-2/h3-4,7-8,16H,5-6,9-12H2,1-2H3,(H,17,18). The van der Waals surface area contributed by atoms with E-state index in [4.69, 9.17) is 4.74 Å². The molecule has 0 fully saturated rings. The molecular formula is C15H24N2O2. The lowest BCUT2D eigenvalue weighted by Crippen LogP contribution is -2.26. The van der Waals surface area contributed by atoms with Crippen molar-refractivity contribution in [3.63, 3.8) is 0 Å². The minimum Gasteiger partial charge on any atom is -0.493 e. The van der Waals surface area contributed by atoms with Gasteiger partial charge in [-0.25, -0.2) is 0 Å². The second kappa shape index (κ2) is 9.39. The van der Waals surface area contributed by atoms with Crippen molar-refractivity contribution in [1.29, 1.82) is 0 Å². The number of nitrogens with one attached hydrogen (secondary N) is 2. The van der Waals surface area contributed by atoms with E-state index in [0.717, 1.165) is 37.2 Å². The van der Waals surface area contributed by atoms with Crippen molar-refractivity contribution in [3.05, 3.63) is 29.8 Å². The third kappa shape index (κ3) is 6.82. The summed E-state index contributed by atoms with van der Waals surface area (Å²) in [7, 11) is 1.91. The van der Waals surface area contributed by atoms with Gasteiger partial charge in [-0.05, 0) is 45.0 Å². The van der Waals surface area contributed by atoms with Crippen molar-refractivity contribution in [2.75, 3.05) is 26.7 Å². The van der Waals surface area contributed by atoms with Crippen LogP contribution in [0.2, 0.25) is 0 Å². The first-order chi connectivity index (χ1) is 9.24. The number of benzene rings is 1. The minimum atomic E-state index is 0.101. The minimum absolute atomic E-state index is 0.101. The van der Waals surface area contributed by atoms with E-state index in [1.54, 1.807) is 0 Å². The molecule has 0 bridgehead atoms. The van der Waals surface area contributed by atoms with E-state index in [-0.39, 0.29) is 5.91 Å². The number of hydrogen-bond acceptors (Lipinski definition) is 3. The first-order valence-electron chi connectivity index (χ1n) is 6.83. The third-order valence-electron chi connectivity index (χ3n) is 2.83. The van der Waals surface area contributed by atoms with Crippen LogP contribution in [0.15, 0.2) is 24.3 Å². The highest BCUT2D eigenvalue weighted by atomic mass is 16.5. The quantitative estimate of drug-likeness (QED) is 0.670. The molecule has 0 spiro atoms. The maximum absolute atomic E-state index is 11.5. The topological polar surface area (TPSA) is 50.4 Å². The van der Waals surface area contributed by atoms with E-state index in [0.29, 0.717) is 13.0 Å². The summed E-state index contributed by atoms with van der Waals surface area (Å²) in [5.41, 5.74) is 1.12. The van der Waals surface area contributed by atoms with Gasteiger partial charge in [0.05, 0.1) is 6.61 Å². The second-order valence-corrected chi connectivity index (χ2v) is 4.52. The summed E-state index contributed by atoms with van der Waals surface area (Å²) < 4.78 is 5.64. The summed E-state index contributed by atoms with van der Waals surface area (Å²) in [6, 6.07) is 7.91. The van der Waals surface area contributed by atoms with Crippen molar-refractivity contribution in [1.82, 2.24) is 10.6 Å². The molecule has 4 heteroatoms. The van der Waals surface area contributed by atoms with Gasteiger partial charge in [-0.2, -0.15) is 0 Å². The lowest BCUT2D eigenvalue weighted by Gasteiger charge is -2.09. The molecule has 19 heavy (non-hydrogen) atoms. The van der Waals surface area contributed by atoms with Gasteiger partial charge in [0, 0.05) is 13.0 Å². The highest BCUT2D eigenvalue weighted by Gasteiger charge is 2.01. The molecule has 0 aliphatic rings. The average Bonchev–Trinajstić information content (AvgIpc) is 2.41. The summed E-state index contributed by atoms with van der Waals surface area (Å²) in [6.45, 7) is 4.26. The predicted octanol–water partition coefficient (Wildman–Crippen LogP) is 1.88. The van der Waals surface area contributed by atoms with Crippen LogP contribution in [0.4, 0.5) is 0 Å². The van der Waals surface area contributed by atoms with E-state index in [2.05, 4.69) is 10.6 Å². The van der Waals surface area contributed by atoms with E-state index in [9.17, 15) is 4.79 Å². The van der Waals surface area contributed by atoms with Crippen LogP contribution < -0.4 is 15.4 Å².